The molecule has 1 aliphatic rings. The van der Waals surface area contributed by atoms with Crippen molar-refractivity contribution in [2.24, 2.45) is 5.92 Å². The molecular formula is C24H34ClN5O3. The standard InChI is InChI=1S/C24H34ClN5O3/c1-24(2,3)33-23(31)30-12-9-18(10-13-30)16-29(4)22-15-21(27-17-28-22)26-11-14-32-20-8-6-5-7-19(20)25/h5-8,15,17-18H,9-14,16H2,1-4H3,(H,26,27,28). The first-order valence-corrected chi connectivity index (χ1v) is 11.7. The monoisotopic (exact) mass is 475 g/mol. The van der Waals surface area contributed by atoms with E-state index >= 15 is 0 Å². The fraction of sp³-hybridized carbons (Fsp3) is 0.542. The average molecular weight is 476 g/mol. The van der Waals surface area contributed by atoms with E-state index in [0.717, 1.165) is 44.1 Å². The highest BCUT2D eigenvalue weighted by Gasteiger charge is 2.27. The summed E-state index contributed by atoms with van der Waals surface area (Å²) in [6, 6.07) is 9.35. The molecule has 1 saturated heterocycles. The Labute approximate surface area is 201 Å². The Morgan fingerprint density at radius 3 is 2.67 bits per heavy atom. The van der Waals surface area contributed by atoms with Crippen LogP contribution in [0.25, 0.3) is 0 Å². The number of hydrogen-bond acceptors (Lipinski definition) is 7. The molecule has 1 aromatic carbocycles. The number of hydrogen-bond donors (Lipinski definition) is 1. The quantitative estimate of drug-likeness (QED) is 0.554. The van der Waals surface area contributed by atoms with Gasteiger partial charge in [-0.05, 0) is 51.7 Å². The van der Waals surface area contributed by atoms with E-state index in [0.29, 0.717) is 29.8 Å². The number of piperidine rings is 1. The van der Waals surface area contributed by atoms with Gasteiger partial charge in [-0.2, -0.15) is 0 Å². The van der Waals surface area contributed by atoms with E-state index in [-0.39, 0.29) is 6.09 Å². The molecule has 0 aliphatic carbocycles. The minimum atomic E-state index is -0.465. The lowest BCUT2D eigenvalue weighted by Gasteiger charge is -2.35. The lowest BCUT2D eigenvalue weighted by molar-refractivity contribution is 0.0186. The van der Waals surface area contributed by atoms with Gasteiger partial charge in [0.15, 0.2) is 0 Å². The number of anilines is 2. The Balaban J connectivity index is 1.42. The van der Waals surface area contributed by atoms with Crippen LogP contribution in [0.1, 0.15) is 33.6 Å². The first-order chi connectivity index (χ1) is 15.7. The Hall–Kier alpha value is -2.74. The number of benzene rings is 1. The maximum atomic E-state index is 12.3. The highest BCUT2D eigenvalue weighted by atomic mass is 35.5. The van der Waals surface area contributed by atoms with Crippen molar-refractivity contribution in [2.45, 2.75) is 39.2 Å². The third-order valence-corrected chi connectivity index (χ3v) is 5.66. The summed E-state index contributed by atoms with van der Waals surface area (Å²) in [5, 5.41) is 3.86. The van der Waals surface area contributed by atoms with Crippen LogP contribution in [0.3, 0.4) is 0 Å². The molecule has 0 spiro atoms. The number of para-hydroxylation sites is 1. The number of likely N-dealkylation sites (tertiary alicyclic amines) is 1. The first-order valence-electron chi connectivity index (χ1n) is 11.3. The van der Waals surface area contributed by atoms with Crippen LogP contribution in [0.4, 0.5) is 16.4 Å². The third-order valence-electron chi connectivity index (χ3n) is 5.34. The van der Waals surface area contributed by atoms with Gasteiger partial charge in [-0.1, -0.05) is 23.7 Å². The molecule has 180 valence electrons. The van der Waals surface area contributed by atoms with Gasteiger partial charge in [0.2, 0.25) is 0 Å². The second-order valence-electron chi connectivity index (χ2n) is 9.26. The largest absolute Gasteiger partial charge is 0.490 e. The van der Waals surface area contributed by atoms with Gasteiger partial charge in [0.1, 0.15) is 35.9 Å². The zero-order valence-electron chi connectivity index (χ0n) is 19.9. The molecule has 1 amide bonds. The summed E-state index contributed by atoms with van der Waals surface area (Å²) < 4.78 is 11.2. The lowest BCUT2D eigenvalue weighted by Crippen LogP contribution is -2.43. The molecule has 1 aliphatic heterocycles. The Morgan fingerprint density at radius 1 is 1.24 bits per heavy atom. The van der Waals surface area contributed by atoms with Crippen LogP contribution in [0.5, 0.6) is 5.75 Å². The van der Waals surface area contributed by atoms with E-state index in [9.17, 15) is 4.79 Å². The van der Waals surface area contributed by atoms with Crippen LogP contribution in [0.2, 0.25) is 5.02 Å². The van der Waals surface area contributed by atoms with E-state index in [1.54, 1.807) is 17.3 Å². The van der Waals surface area contributed by atoms with Crippen molar-refractivity contribution in [3.05, 3.63) is 41.7 Å². The molecule has 0 atom stereocenters. The number of carbonyl (C=O) groups excluding carboxylic acids is 1. The normalized spacial score (nSPS) is 14.6. The van der Waals surface area contributed by atoms with Crippen molar-refractivity contribution in [2.75, 3.05) is 50.1 Å². The third kappa shape index (κ3) is 7.96. The van der Waals surface area contributed by atoms with Crippen molar-refractivity contribution in [3.63, 3.8) is 0 Å². The topological polar surface area (TPSA) is 79.8 Å². The van der Waals surface area contributed by atoms with E-state index in [1.807, 2.05) is 52.1 Å². The average Bonchev–Trinajstić information content (AvgIpc) is 2.77. The van der Waals surface area contributed by atoms with Crippen LogP contribution in [0.15, 0.2) is 36.7 Å². The summed E-state index contributed by atoms with van der Waals surface area (Å²) in [4.78, 5) is 24.9. The Morgan fingerprint density at radius 2 is 1.97 bits per heavy atom. The highest BCUT2D eigenvalue weighted by molar-refractivity contribution is 6.32. The van der Waals surface area contributed by atoms with Crippen molar-refractivity contribution in [1.82, 2.24) is 14.9 Å². The van der Waals surface area contributed by atoms with Gasteiger partial charge in [0, 0.05) is 32.7 Å². The maximum absolute atomic E-state index is 12.3. The maximum Gasteiger partial charge on any atom is 0.410 e. The number of carbonyl (C=O) groups is 1. The smallest absolute Gasteiger partial charge is 0.410 e. The molecule has 0 bridgehead atoms. The molecule has 3 rings (SSSR count). The predicted octanol–water partition coefficient (Wildman–Crippen LogP) is 4.70. The zero-order chi connectivity index (χ0) is 23.8. The number of aromatic nitrogens is 2. The van der Waals surface area contributed by atoms with Crippen molar-refractivity contribution < 1.29 is 14.3 Å². The number of halogens is 1. The second-order valence-corrected chi connectivity index (χ2v) is 9.67. The van der Waals surface area contributed by atoms with Crippen LogP contribution in [-0.2, 0) is 4.74 Å². The van der Waals surface area contributed by atoms with Gasteiger partial charge in [-0.3, -0.25) is 0 Å². The molecule has 2 heterocycles. The molecule has 8 nitrogen and oxygen atoms in total. The molecule has 33 heavy (non-hydrogen) atoms. The number of nitrogens with one attached hydrogen (secondary N) is 1. The number of ether oxygens (including phenoxy) is 2. The minimum absolute atomic E-state index is 0.223. The van der Waals surface area contributed by atoms with Crippen molar-refractivity contribution in [1.29, 1.82) is 0 Å². The highest BCUT2D eigenvalue weighted by Crippen LogP contribution is 2.24. The Kier molecular flexibility index (Phi) is 8.61. The first kappa shape index (κ1) is 24.9. The van der Waals surface area contributed by atoms with E-state index in [1.165, 1.54) is 0 Å². The molecule has 1 aromatic heterocycles. The van der Waals surface area contributed by atoms with E-state index < -0.39 is 5.60 Å². The molecule has 0 radical (unpaired) electrons. The molecule has 0 saturated carbocycles. The molecule has 0 unspecified atom stereocenters. The molecule has 1 N–H and O–H groups in total. The fourth-order valence-corrected chi connectivity index (χ4v) is 3.85. The molecule has 1 fully saturated rings. The summed E-state index contributed by atoms with van der Waals surface area (Å²) in [5.41, 5.74) is -0.465. The number of rotatable bonds is 8. The lowest BCUT2D eigenvalue weighted by atomic mass is 9.96. The van der Waals surface area contributed by atoms with Crippen LogP contribution >= 0.6 is 11.6 Å². The van der Waals surface area contributed by atoms with E-state index in [2.05, 4.69) is 20.2 Å². The Bertz CT molecular complexity index is 913. The van der Waals surface area contributed by atoms with Gasteiger partial charge < -0.3 is 24.6 Å². The van der Waals surface area contributed by atoms with Gasteiger partial charge in [0.05, 0.1) is 11.6 Å². The number of amides is 1. The second kappa shape index (κ2) is 11.4. The SMILES string of the molecule is CN(CC1CCN(C(=O)OC(C)(C)C)CC1)c1cc(NCCOc2ccccc2Cl)ncn1. The van der Waals surface area contributed by atoms with Gasteiger partial charge in [-0.25, -0.2) is 14.8 Å². The molecular weight excluding hydrogens is 442 g/mol. The summed E-state index contributed by atoms with van der Waals surface area (Å²) in [6.07, 6.45) is 3.23. The number of nitrogens with zero attached hydrogens (tertiary/aromatic N) is 4. The van der Waals surface area contributed by atoms with Crippen LogP contribution in [-0.4, -0.2) is 66.4 Å². The summed E-state index contributed by atoms with van der Waals surface area (Å²) in [7, 11) is 2.03. The zero-order valence-corrected chi connectivity index (χ0v) is 20.6. The van der Waals surface area contributed by atoms with Gasteiger partial charge in [0.25, 0.3) is 0 Å². The van der Waals surface area contributed by atoms with Gasteiger partial charge in [-0.15, -0.1) is 0 Å². The van der Waals surface area contributed by atoms with Crippen molar-refractivity contribution >= 4 is 29.3 Å². The van der Waals surface area contributed by atoms with E-state index in [4.69, 9.17) is 21.1 Å². The molecule has 2 aromatic rings. The van der Waals surface area contributed by atoms with Gasteiger partial charge >= 0.3 is 6.09 Å². The fourth-order valence-electron chi connectivity index (χ4n) is 3.66. The summed E-state index contributed by atoms with van der Waals surface area (Å²) in [5.74, 6) is 2.76. The summed E-state index contributed by atoms with van der Waals surface area (Å²) in [6.45, 7) is 9.04. The van der Waals surface area contributed by atoms with Crippen LogP contribution in [0, 0.1) is 5.92 Å². The predicted molar refractivity (Wildman–Crippen MR) is 131 cm³/mol. The summed E-state index contributed by atoms with van der Waals surface area (Å²) >= 11 is 6.11. The van der Waals surface area contributed by atoms with Crippen LogP contribution < -0.4 is 15.0 Å². The van der Waals surface area contributed by atoms with Crippen molar-refractivity contribution in [3.8, 4) is 5.75 Å². The minimum Gasteiger partial charge on any atom is -0.490 e. The molecule has 9 heteroatoms.